The number of anilines is 2. The Morgan fingerprint density at radius 2 is 1.92 bits per heavy atom. The normalized spacial score (nSPS) is 10.2. The van der Waals surface area contributed by atoms with E-state index in [1.54, 1.807) is 42.6 Å². The van der Waals surface area contributed by atoms with Crippen molar-refractivity contribution < 1.29 is 9.53 Å². The summed E-state index contributed by atoms with van der Waals surface area (Å²) in [6.45, 7) is 0. The molecule has 1 aromatic carbocycles. The molecule has 0 aliphatic heterocycles. The second-order valence-electron chi connectivity index (χ2n) is 4.81. The predicted octanol–water partition coefficient (Wildman–Crippen LogP) is 3.72. The lowest BCUT2D eigenvalue weighted by Gasteiger charge is -2.08. The molecular formula is C17H13ClN4O2. The molecule has 0 amide bonds. The molecule has 2 heterocycles. The number of rotatable bonds is 4. The maximum absolute atomic E-state index is 11.4. The summed E-state index contributed by atoms with van der Waals surface area (Å²) in [7, 11) is 1.34. The van der Waals surface area contributed by atoms with Crippen molar-refractivity contribution >= 4 is 29.1 Å². The Kier molecular flexibility index (Phi) is 4.67. The van der Waals surface area contributed by atoms with Crippen LogP contribution in [0.2, 0.25) is 5.15 Å². The molecule has 0 radical (unpaired) electrons. The number of benzene rings is 1. The van der Waals surface area contributed by atoms with Gasteiger partial charge in [0, 0.05) is 18.0 Å². The summed E-state index contributed by atoms with van der Waals surface area (Å²) in [5.74, 6) is 0.572. The van der Waals surface area contributed by atoms with E-state index in [1.165, 1.54) is 7.11 Å². The zero-order chi connectivity index (χ0) is 16.9. The van der Waals surface area contributed by atoms with E-state index in [1.807, 2.05) is 12.1 Å². The van der Waals surface area contributed by atoms with Crippen LogP contribution in [0.3, 0.4) is 0 Å². The lowest BCUT2D eigenvalue weighted by Crippen LogP contribution is -2.02. The second kappa shape index (κ2) is 7.06. The van der Waals surface area contributed by atoms with E-state index >= 15 is 0 Å². The van der Waals surface area contributed by atoms with Crippen LogP contribution in [-0.2, 0) is 4.74 Å². The summed E-state index contributed by atoms with van der Waals surface area (Å²) in [5.41, 5.74) is 1.85. The fourth-order valence-corrected chi connectivity index (χ4v) is 2.23. The summed E-state index contributed by atoms with van der Waals surface area (Å²) < 4.78 is 4.67. The molecule has 0 bridgehead atoms. The number of carbonyl (C=O) groups is 1. The van der Waals surface area contributed by atoms with Gasteiger partial charge in [-0.1, -0.05) is 17.7 Å². The number of esters is 1. The number of nitrogens with zero attached hydrogens (tertiary/aromatic N) is 3. The molecule has 0 saturated carbocycles. The predicted molar refractivity (Wildman–Crippen MR) is 91.3 cm³/mol. The Balaban J connectivity index is 1.85. The third kappa shape index (κ3) is 3.67. The standard InChI is InChI=1S/C17H13ClN4O2/c1-24-17(23)11-5-7-12(8-6-11)20-15-10-14(18)21-16(22-15)13-4-2-3-9-19-13/h2-10H,1H3,(H,20,21,22). The lowest BCUT2D eigenvalue weighted by molar-refractivity contribution is 0.0601. The van der Waals surface area contributed by atoms with Crippen LogP contribution < -0.4 is 5.32 Å². The van der Waals surface area contributed by atoms with Crippen LogP contribution in [0, 0.1) is 0 Å². The molecular weight excluding hydrogens is 328 g/mol. The molecule has 0 saturated heterocycles. The Hall–Kier alpha value is -2.99. The van der Waals surface area contributed by atoms with Crippen molar-refractivity contribution in [3.8, 4) is 11.5 Å². The molecule has 3 aromatic rings. The molecule has 7 heteroatoms. The van der Waals surface area contributed by atoms with E-state index in [0.29, 0.717) is 28.1 Å². The van der Waals surface area contributed by atoms with E-state index in [9.17, 15) is 4.79 Å². The maximum Gasteiger partial charge on any atom is 0.337 e. The average Bonchev–Trinajstić information content (AvgIpc) is 2.62. The highest BCUT2D eigenvalue weighted by atomic mass is 35.5. The molecule has 0 unspecified atom stereocenters. The van der Waals surface area contributed by atoms with Crippen LogP contribution in [0.25, 0.3) is 11.5 Å². The molecule has 2 aromatic heterocycles. The highest BCUT2D eigenvalue weighted by Gasteiger charge is 2.08. The van der Waals surface area contributed by atoms with Crippen LogP contribution in [-0.4, -0.2) is 28.0 Å². The molecule has 0 aliphatic rings. The maximum atomic E-state index is 11.4. The van der Waals surface area contributed by atoms with Gasteiger partial charge in [-0.15, -0.1) is 0 Å². The van der Waals surface area contributed by atoms with Gasteiger partial charge in [0.1, 0.15) is 16.7 Å². The summed E-state index contributed by atoms with van der Waals surface area (Å²) in [5, 5.41) is 3.43. The van der Waals surface area contributed by atoms with Crippen LogP contribution in [0.15, 0.2) is 54.7 Å². The van der Waals surface area contributed by atoms with Crippen LogP contribution in [0.5, 0.6) is 0 Å². The monoisotopic (exact) mass is 340 g/mol. The number of halogens is 1. The van der Waals surface area contributed by atoms with E-state index in [-0.39, 0.29) is 5.97 Å². The number of ether oxygens (including phenoxy) is 1. The van der Waals surface area contributed by atoms with Gasteiger partial charge in [0.05, 0.1) is 12.7 Å². The SMILES string of the molecule is COC(=O)c1ccc(Nc2cc(Cl)nc(-c3ccccn3)n2)cc1. The fourth-order valence-electron chi connectivity index (χ4n) is 2.05. The molecule has 3 rings (SSSR count). The quantitative estimate of drug-likeness (QED) is 0.576. The molecule has 1 N–H and O–H groups in total. The van der Waals surface area contributed by atoms with Crippen molar-refractivity contribution in [2.24, 2.45) is 0 Å². The first-order valence-electron chi connectivity index (χ1n) is 7.07. The Morgan fingerprint density at radius 3 is 2.58 bits per heavy atom. The minimum Gasteiger partial charge on any atom is -0.465 e. The van der Waals surface area contributed by atoms with Crippen molar-refractivity contribution in [3.05, 3.63) is 65.4 Å². The molecule has 120 valence electrons. The summed E-state index contributed by atoms with van der Waals surface area (Å²) in [6.07, 6.45) is 1.66. The highest BCUT2D eigenvalue weighted by molar-refractivity contribution is 6.29. The first-order chi connectivity index (χ1) is 11.7. The van der Waals surface area contributed by atoms with Gasteiger partial charge in [-0.3, -0.25) is 4.98 Å². The highest BCUT2D eigenvalue weighted by Crippen LogP contribution is 2.21. The van der Waals surface area contributed by atoms with Crippen LogP contribution >= 0.6 is 11.6 Å². The van der Waals surface area contributed by atoms with E-state index in [4.69, 9.17) is 11.6 Å². The summed E-state index contributed by atoms with van der Waals surface area (Å²) in [4.78, 5) is 24.3. The van der Waals surface area contributed by atoms with E-state index in [2.05, 4.69) is 25.0 Å². The summed E-state index contributed by atoms with van der Waals surface area (Å²) >= 11 is 6.07. The third-order valence-corrected chi connectivity index (χ3v) is 3.36. The fraction of sp³-hybridized carbons (Fsp3) is 0.0588. The van der Waals surface area contributed by atoms with Gasteiger partial charge < -0.3 is 10.1 Å². The number of carbonyl (C=O) groups excluding carboxylic acids is 1. The van der Waals surface area contributed by atoms with Gasteiger partial charge in [0.25, 0.3) is 0 Å². The van der Waals surface area contributed by atoms with Crippen molar-refractivity contribution in [2.45, 2.75) is 0 Å². The number of pyridine rings is 1. The van der Waals surface area contributed by atoms with Crippen molar-refractivity contribution in [2.75, 3.05) is 12.4 Å². The number of nitrogens with one attached hydrogen (secondary N) is 1. The van der Waals surface area contributed by atoms with Crippen LogP contribution in [0.4, 0.5) is 11.5 Å². The zero-order valence-corrected chi connectivity index (χ0v) is 13.5. The summed E-state index contributed by atoms with van der Waals surface area (Å²) in [6, 6.07) is 13.9. The third-order valence-electron chi connectivity index (χ3n) is 3.17. The molecule has 0 spiro atoms. The number of hydrogen-bond acceptors (Lipinski definition) is 6. The topological polar surface area (TPSA) is 77.0 Å². The molecule has 0 atom stereocenters. The van der Waals surface area contributed by atoms with Gasteiger partial charge in [-0.25, -0.2) is 14.8 Å². The largest absolute Gasteiger partial charge is 0.465 e. The van der Waals surface area contributed by atoms with Gasteiger partial charge in [0.2, 0.25) is 0 Å². The smallest absolute Gasteiger partial charge is 0.337 e. The average molecular weight is 341 g/mol. The van der Waals surface area contributed by atoms with Gasteiger partial charge in [0.15, 0.2) is 5.82 Å². The van der Waals surface area contributed by atoms with Gasteiger partial charge >= 0.3 is 5.97 Å². The first kappa shape index (κ1) is 15.9. The minimum absolute atomic E-state index is 0.305. The van der Waals surface area contributed by atoms with Gasteiger partial charge in [-0.05, 0) is 36.4 Å². The van der Waals surface area contributed by atoms with Crippen LogP contribution in [0.1, 0.15) is 10.4 Å². The number of aromatic nitrogens is 3. The van der Waals surface area contributed by atoms with Crippen molar-refractivity contribution in [1.82, 2.24) is 15.0 Å². The zero-order valence-electron chi connectivity index (χ0n) is 12.7. The minimum atomic E-state index is -0.385. The van der Waals surface area contributed by atoms with Crippen molar-refractivity contribution in [3.63, 3.8) is 0 Å². The molecule has 6 nitrogen and oxygen atoms in total. The molecule has 0 aliphatic carbocycles. The van der Waals surface area contributed by atoms with Gasteiger partial charge in [-0.2, -0.15) is 0 Å². The van der Waals surface area contributed by atoms with E-state index in [0.717, 1.165) is 5.69 Å². The number of methoxy groups -OCH3 is 1. The Bertz CT molecular complexity index is 854. The first-order valence-corrected chi connectivity index (χ1v) is 7.45. The molecule has 0 fully saturated rings. The number of hydrogen-bond donors (Lipinski definition) is 1. The van der Waals surface area contributed by atoms with E-state index < -0.39 is 0 Å². The Labute approximate surface area is 143 Å². The molecule has 24 heavy (non-hydrogen) atoms. The van der Waals surface area contributed by atoms with Crippen molar-refractivity contribution in [1.29, 1.82) is 0 Å². The second-order valence-corrected chi connectivity index (χ2v) is 5.20. The lowest BCUT2D eigenvalue weighted by atomic mass is 10.2. The Morgan fingerprint density at radius 1 is 1.12 bits per heavy atom.